The lowest BCUT2D eigenvalue weighted by Crippen LogP contribution is -2.13. The van der Waals surface area contributed by atoms with Crippen LogP contribution in [0.15, 0.2) is 36.7 Å². The van der Waals surface area contributed by atoms with Crippen LogP contribution in [-0.2, 0) is 12.8 Å². The topological polar surface area (TPSA) is 25.8 Å². The standard InChI is InChI=1S/C20H26N2/c1-15-3-7-17(8-4-15)9-10-18-13-21-20(22-14-18)19-11-5-16(2)6-12-19/h3-4,7-8,13-14,16,19H,5-6,9-12H2,1-2H3. The van der Waals surface area contributed by atoms with Crippen molar-refractivity contribution in [2.24, 2.45) is 5.92 Å². The van der Waals surface area contributed by atoms with Crippen LogP contribution in [0.5, 0.6) is 0 Å². The number of hydrogen-bond acceptors (Lipinski definition) is 2. The van der Waals surface area contributed by atoms with E-state index in [0.29, 0.717) is 5.92 Å². The molecule has 0 spiro atoms. The van der Waals surface area contributed by atoms with Gasteiger partial charge in [0.15, 0.2) is 0 Å². The van der Waals surface area contributed by atoms with E-state index in [0.717, 1.165) is 24.6 Å². The van der Waals surface area contributed by atoms with Crippen molar-refractivity contribution < 1.29 is 0 Å². The van der Waals surface area contributed by atoms with Crippen molar-refractivity contribution in [3.05, 3.63) is 59.2 Å². The summed E-state index contributed by atoms with van der Waals surface area (Å²) in [5.41, 5.74) is 3.95. The Kier molecular flexibility index (Phi) is 4.87. The number of hydrogen-bond donors (Lipinski definition) is 0. The van der Waals surface area contributed by atoms with Crippen LogP contribution < -0.4 is 0 Å². The molecule has 116 valence electrons. The molecule has 2 aromatic rings. The summed E-state index contributed by atoms with van der Waals surface area (Å²) < 4.78 is 0. The summed E-state index contributed by atoms with van der Waals surface area (Å²) in [6, 6.07) is 8.79. The van der Waals surface area contributed by atoms with Crippen LogP contribution in [0.2, 0.25) is 0 Å². The zero-order chi connectivity index (χ0) is 15.4. The molecule has 3 rings (SSSR count). The van der Waals surface area contributed by atoms with Gasteiger partial charge < -0.3 is 0 Å². The van der Waals surface area contributed by atoms with Gasteiger partial charge in [0.05, 0.1) is 0 Å². The maximum absolute atomic E-state index is 4.64. The lowest BCUT2D eigenvalue weighted by molar-refractivity contribution is 0.339. The molecule has 0 radical (unpaired) electrons. The van der Waals surface area contributed by atoms with Gasteiger partial charge in [-0.15, -0.1) is 0 Å². The first-order valence-corrected chi connectivity index (χ1v) is 8.57. The third-order valence-corrected chi connectivity index (χ3v) is 4.93. The third-order valence-electron chi connectivity index (χ3n) is 4.93. The Bertz CT molecular complexity index is 578. The van der Waals surface area contributed by atoms with Crippen molar-refractivity contribution in [3.63, 3.8) is 0 Å². The normalized spacial score (nSPS) is 21.7. The van der Waals surface area contributed by atoms with Crippen molar-refractivity contribution in [1.29, 1.82) is 0 Å². The van der Waals surface area contributed by atoms with Gasteiger partial charge in [-0.25, -0.2) is 9.97 Å². The fourth-order valence-electron chi connectivity index (χ4n) is 3.27. The number of nitrogens with zero attached hydrogens (tertiary/aromatic N) is 2. The van der Waals surface area contributed by atoms with Crippen LogP contribution in [0.3, 0.4) is 0 Å². The van der Waals surface area contributed by atoms with Crippen LogP contribution in [-0.4, -0.2) is 9.97 Å². The monoisotopic (exact) mass is 294 g/mol. The Hall–Kier alpha value is -1.70. The van der Waals surface area contributed by atoms with Gasteiger partial charge in [0.25, 0.3) is 0 Å². The second-order valence-corrected chi connectivity index (χ2v) is 6.89. The summed E-state index contributed by atoms with van der Waals surface area (Å²) in [6.07, 6.45) is 11.3. The molecule has 2 heteroatoms. The molecule has 0 aliphatic heterocycles. The summed E-state index contributed by atoms with van der Waals surface area (Å²) >= 11 is 0. The van der Waals surface area contributed by atoms with E-state index in [9.17, 15) is 0 Å². The van der Waals surface area contributed by atoms with Crippen LogP contribution in [0.1, 0.15) is 61.0 Å². The van der Waals surface area contributed by atoms with Gasteiger partial charge in [-0.2, -0.15) is 0 Å². The second-order valence-electron chi connectivity index (χ2n) is 6.89. The van der Waals surface area contributed by atoms with Gasteiger partial charge in [0.1, 0.15) is 5.82 Å². The largest absolute Gasteiger partial charge is 0.241 e. The molecule has 2 nitrogen and oxygen atoms in total. The van der Waals surface area contributed by atoms with Crippen LogP contribution >= 0.6 is 0 Å². The van der Waals surface area contributed by atoms with E-state index >= 15 is 0 Å². The van der Waals surface area contributed by atoms with Crippen LogP contribution in [0, 0.1) is 12.8 Å². The van der Waals surface area contributed by atoms with E-state index in [1.807, 2.05) is 12.4 Å². The summed E-state index contributed by atoms with van der Waals surface area (Å²) in [5, 5.41) is 0. The molecule has 22 heavy (non-hydrogen) atoms. The predicted octanol–water partition coefficient (Wildman–Crippen LogP) is 4.86. The van der Waals surface area contributed by atoms with E-state index in [2.05, 4.69) is 48.1 Å². The number of rotatable bonds is 4. The molecular weight excluding hydrogens is 268 g/mol. The van der Waals surface area contributed by atoms with E-state index in [1.54, 1.807) is 0 Å². The van der Waals surface area contributed by atoms with Gasteiger partial charge in [-0.05, 0) is 49.7 Å². The molecule has 1 aliphatic rings. The van der Waals surface area contributed by atoms with E-state index in [4.69, 9.17) is 0 Å². The first kappa shape index (κ1) is 15.2. The van der Waals surface area contributed by atoms with Gasteiger partial charge in [0.2, 0.25) is 0 Å². The first-order valence-electron chi connectivity index (χ1n) is 8.57. The average molecular weight is 294 g/mol. The third kappa shape index (κ3) is 3.94. The van der Waals surface area contributed by atoms with E-state index in [1.165, 1.54) is 42.4 Å². The molecule has 1 heterocycles. The zero-order valence-corrected chi connectivity index (χ0v) is 13.8. The molecular formula is C20H26N2. The Morgan fingerprint density at radius 1 is 0.864 bits per heavy atom. The van der Waals surface area contributed by atoms with Gasteiger partial charge >= 0.3 is 0 Å². The van der Waals surface area contributed by atoms with E-state index in [-0.39, 0.29) is 0 Å². The molecule has 1 saturated carbocycles. The highest BCUT2D eigenvalue weighted by molar-refractivity contribution is 5.22. The SMILES string of the molecule is Cc1ccc(CCc2cnc(C3CCC(C)CC3)nc2)cc1. The first-order chi connectivity index (χ1) is 10.7. The predicted molar refractivity (Wildman–Crippen MR) is 91.0 cm³/mol. The Balaban J connectivity index is 1.56. The van der Waals surface area contributed by atoms with Crippen molar-refractivity contribution in [2.45, 2.75) is 58.3 Å². The highest BCUT2D eigenvalue weighted by Gasteiger charge is 2.21. The number of aromatic nitrogens is 2. The Labute approximate surface area is 134 Å². The molecule has 0 N–H and O–H groups in total. The maximum atomic E-state index is 4.64. The Morgan fingerprint density at radius 3 is 2.09 bits per heavy atom. The fraction of sp³-hybridized carbons (Fsp3) is 0.500. The van der Waals surface area contributed by atoms with Crippen molar-refractivity contribution in [1.82, 2.24) is 9.97 Å². The fourth-order valence-corrected chi connectivity index (χ4v) is 3.27. The molecule has 0 amide bonds. The zero-order valence-electron chi connectivity index (χ0n) is 13.8. The van der Waals surface area contributed by atoms with Crippen molar-refractivity contribution in [3.8, 4) is 0 Å². The lowest BCUT2D eigenvalue weighted by atomic mass is 9.82. The summed E-state index contributed by atoms with van der Waals surface area (Å²) in [7, 11) is 0. The maximum Gasteiger partial charge on any atom is 0.131 e. The quantitative estimate of drug-likeness (QED) is 0.804. The minimum atomic E-state index is 0.586. The minimum Gasteiger partial charge on any atom is -0.241 e. The molecule has 1 fully saturated rings. The molecule has 1 aromatic carbocycles. The van der Waals surface area contributed by atoms with E-state index < -0.39 is 0 Å². The highest BCUT2D eigenvalue weighted by Crippen LogP contribution is 2.33. The van der Waals surface area contributed by atoms with Gasteiger partial charge in [-0.1, -0.05) is 49.6 Å². The molecule has 1 aromatic heterocycles. The molecule has 0 atom stereocenters. The number of benzene rings is 1. The lowest BCUT2D eigenvalue weighted by Gasteiger charge is -2.24. The van der Waals surface area contributed by atoms with Crippen LogP contribution in [0.25, 0.3) is 0 Å². The molecule has 0 unspecified atom stereocenters. The summed E-state index contributed by atoms with van der Waals surface area (Å²) in [5.74, 6) is 2.53. The Morgan fingerprint density at radius 2 is 1.45 bits per heavy atom. The average Bonchev–Trinajstić information content (AvgIpc) is 2.56. The summed E-state index contributed by atoms with van der Waals surface area (Å²) in [6.45, 7) is 4.48. The molecule has 0 saturated heterocycles. The van der Waals surface area contributed by atoms with Crippen molar-refractivity contribution in [2.75, 3.05) is 0 Å². The molecule has 1 aliphatic carbocycles. The van der Waals surface area contributed by atoms with Gasteiger partial charge in [-0.3, -0.25) is 0 Å². The van der Waals surface area contributed by atoms with Crippen LogP contribution in [0.4, 0.5) is 0 Å². The second kappa shape index (κ2) is 7.04. The number of aryl methyl sites for hydroxylation is 3. The summed E-state index contributed by atoms with van der Waals surface area (Å²) in [4.78, 5) is 9.29. The highest BCUT2D eigenvalue weighted by atomic mass is 14.9. The van der Waals surface area contributed by atoms with Crippen molar-refractivity contribution >= 4 is 0 Å². The smallest absolute Gasteiger partial charge is 0.131 e. The van der Waals surface area contributed by atoms with Gasteiger partial charge in [0, 0.05) is 18.3 Å². The minimum absolute atomic E-state index is 0.586. The molecule has 0 bridgehead atoms.